The first-order valence-electron chi connectivity index (χ1n) is 6.02. The lowest BCUT2D eigenvalue weighted by Crippen LogP contribution is -2.56. The van der Waals surface area contributed by atoms with E-state index in [-0.39, 0.29) is 0 Å². The fraction of sp³-hybridized carbons (Fsp3) is 0.750. The Bertz CT molecular complexity index is 350. The number of hydrogen-bond acceptors (Lipinski definition) is 2. The number of hydrogen-bond donors (Lipinski definition) is 1. The second-order valence-corrected chi connectivity index (χ2v) is 5.18. The zero-order valence-corrected chi connectivity index (χ0v) is 9.37. The van der Waals surface area contributed by atoms with Crippen molar-refractivity contribution in [2.45, 2.75) is 38.1 Å². The highest BCUT2D eigenvalue weighted by atomic mass is 15.2. The molecule has 1 aromatic heterocycles. The lowest BCUT2D eigenvalue weighted by molar-refractivity contribution is 0.0360. The Balaban J connectivity index is 1.82. The monoisotopic (exact) mass is 205 g/mol. The van der Waals surface area contributed by atoms with Gasteiger partial charge in [0.05, 0.1) is 6.20 Å². The quantitative estimate of drug-likeness (QED) is 0.760. The van der Waals surface area contributed by atoms with Crippen molar-refractivity contribution in [3.05, 3.63) is 18.0 Å². The molecule has 0 aromatic carbocycles. The summed E-state index contributed by atoms with van der Waals surface area (Å²) in [7, 11) is 2.00. The van der Waals surface area contributed by atoms with Crippen LogP contribution in [0, 0.1) is 5.41 Å². The van der Waals surface area contributed by atoms with Crippen LogP contribution in [0.5, 0.6) is 0 Å². The maximum Gasteiger partial charge on any atom is 0.0537 e. The predicted molar refractivity (Wildman–Crippen MR) is 59.5 cm³/mol. The van der Waals surface area contributed by atoms with Gasteiger partial charge in [0.2, 0.25) is 0 Å². The van der Waals surface area contributed by atoms with Crippen LogP contribution >= 0.6 is 0 Å². The molecule has 2 aliphatic rings. The third-order valence-corrected chi connectivity index (χ3v) is 4.18. The highest BCUT2D eigenvalue weighted by Crippen LogP contribution is 2.50. The first-order chi connectivity index (χ1) is 7.30. The van der Waals surface area contributed by atoms with E-state index in [2.05, 4.69) is 16.6 Å². The molecule has 1 spiro atoms. The first-order valence-corrected chi connectivity index (χ1v) is 6.02. The highest BCUT2D eigenvalue weighted by Gasteiger charge is 2.47. The molecule has 0 amide bonds. The molecule has 3 nitrogen and oxygen atoms in total. The number of aromatic nitrogens is 2. The molecular formula is C12H19N3. The van der Waals surface area contributed by atoms with Crippen LogP contribution in [0.3, 0.4) is 0 Å². The maximum absolute atomic E-state index is 4.27. The average molecular weight is 205 g/mol. The van der Waals surface area contributed by atoms with Crippen LogP contribution in [0.25, 0.3) is 0 Å². The summed E-state index contributed by atoms with van der Waals surface area (Å²) in [4.78, 5) is 0. The van der Waals surface area contributed by atoms with Gasteiger partial charge in [-0.3, -0.25) is 4.68 Å². The summed E-state index contributed by atoms with van der Waals surface area (Å²) in [5.41, 5.74) is 1.95. The lowest BCUT2D eigenvalue weighted by Gasteiger charge is -2.52. The Morgan fingerprint density at radius 2 is 2.20 bits per heavy atom. The molecule has 0 radical (unpaired) electrons. The van der Waals surface area contributed by atoms with E-state index in [4.69, 9.17) is 0 Å². The van der Waals surface area contributed by atoms with Crippen LogP contribution in [-0.2, 0) is 7.05 Å². The van der Waals surface area contributed by atoms with E-state index < -0.39 is 0 Å². The van der Waals surface area contributed by atoms with E-state index in [0.717, 1.165) is 0 Å². The molecule has 0 unspecified atom stereocenters. The molecule has 3 rings (SSSR count). The van der Waals surface area contributed by atoms with Gasteiger partial charge in [-0.05, 0) is 12.8 Å². The minimum atomic E-state index is 0.571. The molecule has 1 aliphatic carbocycles. The molecule has 1 aromatic rings. The molecular weight excluding hydrogens is 186 g/mol. The van der Waals surface area contributed by atoms with Crippen molar-refractivity contribution in [2.75, 3.05) is 6.54 Å². The Morgan fingerprint density at radius 1 is 1.40 bits per heavy atom. The Hall–Kier alpha value is -0.830. The van der Waals surface area contributed by atoms with Gasteiger partial charge < -0.3 is 5.32 Å². The first kappa shape index (κ1) is 9.40. The zero-order chi connectivity index (χ0) is 10.3. The third kappa shape index (κ3) is 1.41. The fourth-order valence-electron chi connectivity index (χ4n) is 3.27. The van der Waals surface area contributed by atoms with Gasteiger partial charge in [-0.15, -0.1) is 0 Å². The summed E-state index contributed by atoms with van der Waals surface area (Å²) < 4.78 is 1.91. The van der Waals surface area contributed by atoms with Crippen molar-refractivity contribution in [2.24, 2.45) is 12.5 Å². The normalized spacial score (nSPS) is 29.0. The van der Waals surface area contributed by atoms with Gasteiger partial charge in [0.15, 0.2) is 0 Å². The number of nitrogens with one attached hydrogen (secondary N) is 1. The predicted octanol–water partition coefficient (Wildman–Crippen LogP) is 2.01. The average Bonchev–Trinajstić information content (AvgIpc) is 2.64. The van der Waals surface area contributed by atoms with Gasteiger partial charge in [0, 0.05) is 36.8 Å². The molecule has 0 bridgehead atoms. The number of nitrogens with zero attached hydrogens (tertiary/aromatic N) is 2. The second kappa shape index (κ2) is 3.34. The summed E-state index contributed by atoms with van der Waals surface area (Å²) in [6.07, 6.45) is 11.2. The van der Waals surface area contributed by atoms with Crippen LogP contribution in [-0.4, -0.2) is 16.3 Å². The largest absolute Gasteiger partial charge is 0.309 e. The Morgan fingerprint density at radius 3 is 2.73 bits per heavy atom. The van der Waals surface area contributed by atoms with Crippen LogP contribution in [0.2, 0.25) is 0 Å². The van der Waals surface area contributed by atoms with Crippen molar-refractivity contribution < 1.29 is 0 Å². The minimum Gasteiger partial charge on any atom is -0.309 e. The van der Waals surface area contributed by atoms with Crippen LogP contribution in [0.1, 0.15) is 43.7 Å². The summed E-state index contributed by atoms with van der Waals surface area (Å²) in [5, 5.41) is 7.86. The summed E-state index contributed by atoms with van der Waals surface area (Å²) in [6.45, 7) is 1.21. The van der Waals surface area contributed by atoms with Gasteiger partial charge in [-0.25, -0.2) is 0 Å². The molecule has 1 aliphatic heterocycles. The van der Waals surface area contributed by atoms with Gasteiger partial charge in [0.25, 0.3) is 0 Å². The van der Waals surface area contributed by atoms with Crippen molar-refractivity contribution in [1.82, 2.24) is 15.1 Å². The van der Waals surface area contributed by atoms with Crippen molar-refractivity contribution in [3.8, 4) is 0 Å². The SMILES string of the molecule is Cn1cc([C@H]2NCC23CCCCC3)cn1. The van der Waals surface area contributed by atoms with Gasteiger partial charge in [-0.2, -0.15) is 5.10 Å². The maximum atomic E-state index is 4.27. The van der Waals surface area contributed by atoms with Gasteiger partial charge >= 0.3 is 0 Å². The van der Waals surface area contributed by atoms with E-state index in [1.165, 1.54) is 44.2 Å². The number of aryl methyl sites for hydroxylation is 1. The molecule has 1 atom stereocenters. The van der Waals surface area contributed by atoms with Crippen molar-refractivity contribution in [3.63, 3.8) is 0 Å². The van der Waals surface area contributed by atoms with Crippen LogP contribution in [0.15, 0.2) is 12.4 Å². The van der Waals surface area contributed by atoms with Crippen molar-refractivity contribution >= 4 is 0 Å². The number of rotatable bonds is 1. The van der Waals surface area contributed by atoms with Crippen molar-refractivity contribution in [1.29, 1.82) is 0 Å². The van der Waals surface area contributed by atoms with Crippen LogP contribution in [0.4, 0.5) is 0 Å². The van der Waals surface area contributed by atoms with E-state index >= 15 is 0 Å². The summed E-state index contributed by atoms with van der Waals surface area (Å²) in [5.74, 6) is 0. The summed E-state index contributed by atoms with van der Waals surface area (Å²) in [6, 6.07) is 0.575. The Kier molecular flexibility index (Phi) is 2.09. The highest BCUT2D eigenvalue weighted by molar-refractivity contribution is 5.20. The van der Waals surface area contributed by atoms with E-state index in [1.807, 2.05) is 17.9 Å². The molecule has 1 saturated heterocycles. The Labute approximate surface area is 90.9 Å². The van der Waals surface area contributed by atoms with E-state index in [1.54, 1.807) is 0 Å². The minimum absolute atomic E-state index is 0.571. The molecule has 1 N–H and O–H groups in total. The fourth-order valence-corrected chi connectivity index (χ4v) is 3.27. The van der Waals surface area contributed by atoms with Gasteiger partial charge in [-0.1, -0.05) is 19.3 Å². The molecule has 15 heavy (non-hydrogen) atoms. The molecule has 82 valence electrons. The molecule has 3 heteroatoms. The second-order valence-electron chi connectivity index (χ2n) is 5.18. The molecule has 2 fully saturated rings. The topological polar surface area (TPSA) is 29.9 Å². The van der Waals surface area contributed by atoms with E-state index in [9.17, 15) is 0 Å². The zero-order valence-electron chi connectivity index (χ0n) is 9.37. The lowest BCUT2D eigenvalue weighted by atomic mass is 9.63. The summed E-state index contributed by atoms with van der Waals surface area (Å²) >= 11 is 0. The van der Waals surface area contributed by atoms with E-state index in [0.29, 0.717) is 11.5 Å². The standard InChI is InChI=1S/C12H19N3/c1-15-8-10(7-14-15)11-12(9-13-11)5-3-2-4-6-12/h7-8,11,13H,2-6,9H2,1H3/t11-/m1/s1. The third-order valence-electron chi connectivity index (χ3n) is 4.18. The molecule has 2 heterocycles. The molecule has 1 saturated carbocycles. The smallest absolute Gasteiger partial charge is 0.0537 e. The van der Waals surface area contributed by atoms with Crippen LogP contribution < -0.4 is 5.32 Å². The van der Waals surface area contributed by atoms with Gasteiger partial charge in [0.1, 0.15) is 0 Å².